The topological polar surface area (TPSA) is 70.9 Å². The van der Waals surface area contributed by atoms with E-state index < -0.39 is 0 Å². The standard InChI is InChI=1S/C14H20N2O3/c1-10(16-18)11-7-5-6-8-12(11)19-9-13(17)15-14(2,3)4/h5-8,18H,9H2,1-4H3,(H,15,17)/b16-10+. The number of benzene rings is 1. The molecule has 0 aliphatic heterocycles. The van der Waals surface area contributed by atoms with Gasteiger partial charge in [-0.1, -0.05) is 17.3 Å². The Labute approximate surface area is 113 Å². The number of nitrogens with one attached hydrogen (secondary N) is 1. The highest BCUT2D eigenvalue weighted by atomic mass is 16.5. The van der Waals surface area contributed by atoms with Crippen molar-refractivity contribution >= 4 is 11.6 Å². The Morgan fingerprint density at radius 3 is 2.58 bits per heavy atom. The second-order valence-corrected chi connectivity index (χ2v) is 5.27. The van der Waals surface area contributed by atoms with E-state index in [2.05, 4.69) is 10.5 Å². The zero-order valence-electron chi connectivity index (χ0n) is 11.7. The maximum Gasteiger partial charge on any atom is 0.258 e. The monoisotopic (exact) mass is 264 g/mol. The number of carbonyl (C=O) groups excluding carboxylic acids is 1. The van der Waals surface area contributed by atoms with E-state index in [9.17, 15) is 4.79 Å². The molecule has 19 heavy (non-hydrogen) atoms. The first-order chi connectivity index (χ1) is 8.83. The van der Waals surface area contributed by atoms with Gasteiger partial charge in [0.2, 0.25) is 0 Å². The molecule has 2 N–H and O–H groups in total. The van der Waals surface area contributed by atoms with Crippen LogP contribution in [-0.4, -0.2) is 29.0 Å². The highest BCUT2D eigenvalue weighted by molar-refractivity contribution is 6.00. The molecule has 0 aliphatic carbocycles. The number of amides is 1. The average Bonchev–Trinajstić information content (AvgIpc) is 2.33. The number of ether oxygens (including phenoxy) is 1. The summed E-state index contributed by atoms with van der Waals surface area (Å²) in [4.78, 5) is 11.7. The highest BCUT2D eigenvalue weighted by Crippen LogP contribution is 2.18. The Balaban J connectivity index is 2.71. The van der Waals surface area contributed by atoms with Crippen molar-refractivity contribution in [2.24, 2.45) is 5.16 Å². The molecule has 0 bridgehead atoms. The summed E-state index contributed by atoms with van der Waals surface area (Å²) in [6.45, 7) is 7.30. The minimum absolute atomic E-state index is 0.0764. The lowest BCUT2D eigenvalue weighted by atomic mass is 10.1. The summed E-state index contributed by atoms with van der Waals surface area (Å²) < 4.78 is 5.46. The van der Waals surface area contributed by atoms with Gasteiger partial charge in [-0.3, -0.25) is 4.79 Å². The molecule has 0 aromatic heterocycles. The van der Waals surface area contributed by atoms with Crippen LogP contribution in [0.25, 0.3) is 0 Å². The van der Waals surface area contributed by atoms with E-state index in [1.807, 2.05) is 26.8 Å². The summed E-state index contributed by atoms with van der Waals surface area (Å²) in [6.07, 6.45) is 0. The van der Waals surface area contributed by atoms with E-state index >= 15 is 0 Å². The van der Waals surface area contributed by atoms with Gasteiger partial charge in [-0.25, -0.2) is 0 Å². The van der Waals surface area contributed by atoms with Crippen LogP contribution in [0, 0.1) is 0 Å². The number of hydrogen-bond acceptors (Lipinski definition) is 4. The van der Waals surface area contributed by atoms with Gasteiger partial charge in [0.25, 0.3) is 5.91 Å². The third kappa shape index (κ3) is 4.99. The van der Waals surface area contributed by atoms with E-state index in [0.29, 0.717) is 17.0 Å². The number of carbonyl (C=O) groups is 1. The van der Waals surface area contributed by atoms with Crippen LogP contribution in [0.15, 0.2) is 29.4 Å². The smallest absolute Gasteiger partial charge is 0.258 e. The van der Waals surface area contributed by atoms with Crippen molar-refractivity contribution in [1.82, 2.24) is 5.32 Å². The van der Waals surface area contributed by atoms with Crippen LogP contribution in [0.3, 0.4) is 0 Å². The maximum absolute atomic E-state index is 11.7. The first-order valence-electron chi connectivity index (χ1n) is 6.05. The fourth-order valence-electron chi connectivity index (χ4n) is 1.54. The normalized spacial score (nSPS) is 12.1. The Kier molecular flexibility index (Phi) is 4.92. The summed E-state index contributed by atoms with van der Waals surface area (Å²) >= 11 is 0. The minimum atomic E-state index is -0.289. The van der Waals surface area contributed by atoms with E-state index in [1.54, 1.807) is 25.1 Å². The Bertz CT molecular complexity index is 476. The molecule has 1 aromatic carbocycles. The summed E-state index contributed by atoms with van der Waals surface area (Å²) in [5, 5.41) is 14.7. The first kappa shape index (κ1) is 15.0. The highest BCUT2D eigenvalue weighted by Gasteiger charge is 2.15. The molecule has 0 fully saturated rings. The molecular formula is C14H20N2O3. The fraction of sp³-hybridized carbons (Fsp3) is 0.429. The van der Waals surface area contributed by atoms with Crippen molar-refractivity contribution < 1.29 is 14.7 Å². The van der Waals surface area contributed by atoms with Gasteiger partial charge in [0.15, 0.2) is 6.61 Å². The molecule has 0 radical (unpaired) electrons. The number of hydrogen-bond donors (Lipinski definition) is 2. The van der Waals surface area contributed by atoms with Gasteiger partial charge in [0.1, 0.15) is 5.75 Å². The maximum atomic E-state index is 11.7. The van der Waals surface area contributed by atoms with Gasteiger partial charge in [-0.15, -0.1) is 0 Å². The molecule has 0 unspecified atom stereocenters. The first-order valence-corrected chi connectivity index (χ1v) is 6.05. The molecule has 1 aromatic rings. The van der Waals surface area contributed by atoms with E-state index in [-0.39, 0.29) is 18.1 Å². The Hall–Kier alpha value is -2.04. The van der Waals surface area contributed by atoms with Crippen LogP contribution < -0.4 is 10.1 Å². The number of rotatable bonds is 4. The lowest BCUT2D eigenvalue weighted by Crippen LogP contribution is -2.43. The number of nitrogens with zero attached hydrogens (tertiary/aromatic N) is 1. The second-order valence-electron chi connectivity index (χ2n) is 5.27. The van der Waals surface area contributed by atoms with Crippen LogP contribution in [0.2, 0.25) is 0 Å². The zero-order valence-corrected chi connectivity index (χ0v) is 11.7. The van der Waals surface area contributed by atoms with Gasteiger partial charge < -0.3 is 15.3 Å². The third-order valence-electron chi connectivity index (χ3n) is 2.30. The fourth-order valence-corrected chi connectivity index (χ4v) is 1.54. The largest absolute Gasteiger partial charge is 0.483 e. The van der Waals surface area contributed by atoms with Gasteiger partial charge in [0.05, 0.1) is 5.71 Å². The molecule has 0 spiro atoms. The van der Waals surface area contributed by atoms with Crippen molar-refractivity contribution in [3.05, 3.63) is 29.8 Å². The van der Waals surface area contributed by atoms with Gasteiger partial charge >= 0.3 is 0 Å². The van der Waals surface area contributed by atoms with Crippen LogP contribution in [0.1, 0.15) is 33.3 Å². The lowest BCUT2D eigenvalue weighted by molar-refractivity contribution is -0.124. The van der Waals surface area contributed by atoms with Crippen molar-refractivity contribution in [2.45, 2.75) is 33.2 Å². The molecule has 1 amide bonds. The van der Waals surface area contributed by atoms with E-state index in [1.165, 1.54) is 0 Å². The molecular weight excluding hydrogens is 244 g/mol. The molecule has 5 heteroatoms. The third-order valence-corrected chi connectivity index (χ3v) is 2.30. The Morgan fingerprint density at radius 1 is 1.37 bits per heavy atom. The van der Waals surface area contributed by atoms with Crippen LogP contribution in [-0.2, 0) is 4.79 Å². The zero-order chi connectivity index (χ0) is 14.5. The predicted octanol–water partition coefficient (Wildman–Crippen LogP) is 2.18. The van der Waals surface area contributed by atoms with Crippen LogP contribution in [0.4, 0.5) is 0 Å². The van der Waals surface area contributed by atoms with Gasteiger partial charge in [-0.05, 0) is 39.8 Å². The Morgan fingerprint density at radius 2 is 2.00 bits per heavy atom. The van der Waals surface area contributed by atoms with Gasteiger partial charge in [-0.2, -0.15) is 0 Å². The summed E-state index contributed by atoms with van der Waals surface area (Å²) in [5.41, 5.74) is 0.808. The van der Waals surface area contributed by atoms with Crippen molar-refractivity contribution in [3.63, 3.8) is 0 Å². The molecule has 0 saturated heterocycles. The second kappa shape index (κ2) is 6.22. The number of para-hydroxylation sites is 1. The quantitative estimate of drug-likeness (QED) is 0.497. The summed E-state index contributed by atoms with van der Waals surface area (Å²) in [7, 11) is 0. The van der Waals surface area contributed by atoms with E-state index in [4.69, 9.17) is 9.94 Å². The van der Waals surface area contributed by atoms with Gasteiger partial charge in [0, 0.05) is 11.1 Å². The SMILES string of the molecule is C/C(=N\O)c1ccccc1OCC(=O)NC(C)(C)C. The number of oxime groups is 1. The van der Waals surface area contributed by atoms with Crippen molar-refractivity contribution in [1.29, 1.82) is 0 Å². The molecule has 1 rings (SSSR count). The van der Waals surface area contributed by atoms with Crippen molar-refractivity contribution in [2.75, 3.05) is 6.61 Å². The summed E-state index contributed by atoms with van der Waals surface area (Å²) in [6, 6.07) is 7.11. The molecule has 0 heterocycles. The molecule has 0 atom stereocenters. The summed E-state index contributed by atoms with van der Waals surface area (Å²) in [5.74, 6) is 0.322. The minimum Gasteiger partial charge on any atom is -0.483 e. The molecule has 0 saturated carbocycles. The molecule has 104 valence electrons. The predicted molar refractivity (Wildman–Crippen MR) is 73.8 cm³/mol. The lowest BCUT2D eigenvalue weighted by Gasteiger charge is -2.20. The average molecular weight is 264 g/mol. The van der Waals surface area contributed by atoms with Crippen LogP contribution >= 0.6 is 0 Å². The van der Waals surface area contributed by atoms with Crippen molar-refractivity contribution in [3.8, 4) is 5.75 Å². The molecule has 0 aliphatic rings. The van der Waals surface area contributed by atoms with Crippen LogP contribution in [0.5, 0.6) is 5.75 Å². The molecule has 5 nitrogen and oxygen atoms in total. The van der Waals surface area contributed by atoms with E-state index in [0.717, 1.165) is 0 Å².